The van der Waals surface area contributed by atoms with Crippen molar-refractivity contribution in [2.45, 2.75) is 79.2 Å². The van der Waals surface area contributed by atoms with E-state index in [-0.39, 0.29) is 17.2 Å². The lowest BCUT2D eigenvalue weighted by molar-refractivity contribution is -0.136. The number of hydrogen-bond donors (Lipinski definition) is 0. The Balaban J connectivity index is 1.32. The van der Waals surface area contributed by atoms with E-state index >= 15 is 0 Å². The first-order valence-corrected chi connectivity index (χ1v) is 13.4. The average molecular weight is 479 g/mol. The van der Waals surface area contributed by atoms with Crippen molar-refractivity contribution in [3.8, 4) is 5.75 Å². The van der Waals surface area contributed by atoms with Crippen molar-refractivity contribution in [2.75, 3.05) is 26.4 Å². The van der Waals surface area contributed by atoms with Gasteiger partial charge in [-0.1, -0.05) is 39.8 Å². The topological polar surface area (TPSA) is 51.7 Å². The molecule has 1 aliphatic heterocycles. The van der Waals surface area contributed by atoms with E-state index in [0.717, 1.165) is 50.2 Å². The first kappa shape index (κ1) is 25.7. The van der Waals surface area contributed by atoms with Gasteiger partial charge in [0.25, 0.3) is 0 Å². The smallest absolute Gasteiger partial charge is 0.226 e. The van der Waals surface area contributed by atoms with Crippen LogP contribution < -0.4 is 4.74 Å². The third-order valence-electron chi connectivity index (χ3n) is 7.16. The van der Waals surface area contributed by atoms with Crippen LogP contribution in [0.2, 0.25) is 0 Å². The molecule has 0 spiro atoms. The van der Waals surface area contributed by atoms with Crippen LogP contribution in [0.3, 0.4) is 0 Å². The molecule has 1 amide bonds. The largest absolute Gasteiger partial charge is 0.493 e. The number of pyridine rings is 1. The molecule has 0 N–H and O–H groups in total. The lowest BCUT2D eigenvalue weighted by Gasteiger charge is -2.24. The van der Waals surface area contributed by atoms with Crippen molar-refractivity contribution in [2.24, 2.45) is 11.3 Å². The number of ether oxygens (including phenoxy) is 2. The maximum Gasteiger partial charge on any atom is 0.226 e. The predicted octanol–water partition coefficient (Wildman–Crippen LogP) is 5.56. The van der Waals surface area contributed by atoms with Crippen molar-refractivity contribution in [1.82, 2.24) is 9.88 Å². The van der Waals surface area contributed by atoms with Crippen LogP contribution in [-0.2, 0) is 41.8 Å². The van der Waals surface area contributed by atoms with Gasteiger partial charge in [0.1, 0.15) is 5.75 Å². The lowest BCUT2D eigenvalue weighted by atomic mass is 9.93. The van der Waals surface area contributed by atoms with E-state index < -0.39 is 0 Å². The molecule has 1 aromatic heterocycles. The number of hydrogen-bond acceptors (Lipinski definition) is 4. The number of aromatic nitrogens is 1. The van der Waals surface area contributed by atoms with Gasteiger partial charge in [-0.3, -0.25) is 9.78 Å². The highest BCUT2D eigenvalue weighted by molar-refractivity contribution is 5.79. The molecule has 2 heterocycles. The second-order valence-electron chi connectivity index (χ2n) is 11.4. The Labute approximate surface area is 211 Å². The molecule has 35 heavy (non-hydrogen) atoms. The fourth-order valence-corrected chi connectivity index (χ4v) is 4.94. The van der Waals surface area contributed by atoms with Gasteiger partial charge in [0.15, 0.2) is 0 Å². The van der Waals surface area contributed by atoms with E-state index in [0.29, 0.717) is 26.3 Å². The molecule has 0 saturated carbocycles. The zero-order valence-corrected chi connectivity index (χ0v) is 22.1. The quantitative estimate of drug-likeness (QED) is 0.443. The number of benzene rings is 1. The van der Waals surface area contributed by atoms with Gasteiger partial charge >= 0.3 is 0 Å². The molecule has 0 bridgehead atoms. The van der Waals surface area contributed by atoms with E-state index in [1.807, 2.05) is 17.9 Å². The van der Waals surface area contributed by atoms with Crippen molar-refractivity contribution < 1.29 is 14.3 Å². The predicted molar refractivity (Wildman–Crippen MR) is 140 cm³/mol. The molecule has 1 aliphatic carbocycles. The molecule has 1 aromatic carbocycles. The number of nitrogens with zero attached hydrogens (tertiary/aromatic N) is 2. The van der Waals surface area contributed by atoms with Crippen LogP contribution in [0.4, 0.5) is 0 Å². The summed E-state index contributed by atoms with van der Waals surface area (Å²) in [5.41, 5.74) is 6.49. The molecule has 0 saturated heterocycles. The molecule has 2 aliphatic rings. The van der Waals surface area contributed by atoms with Gasteiger partial charge in [-0.2, -0.15) is 0 Å². The molecular formula is C30H42N2O3. The third kappa shape index (κ3) is 7.30. The Hall–Kier alpha value is -2.40. The summed E-state index contributed by atoms with van der Waals surface area (Å²) in [5.74, 6) is 1.05. The minimum absolute atomic E-state index is 0.0207. The van der Waals surface area contributed by atoms with Crippen LogP contribution in [0.1, 0.15) is 75.0 Å². The number of fused-ring (bicyclic) bond motifs is 2. The maximum absolute atomic E-state index is 13.0. The van der Waals surface area contributed by atoms with Crippen molar-refractivity contribution in [3.05, 3.63) is 58.4 Å². The average Bonchev–Trinajstić information content (AvgIpc) is 2.94. The Kier molecular flexibility index (Phi) is 8.48. The van der Waals surface area contributed by atoms with Crippen LogP contribution in [-0.4, -0.2) is 42.2 Å². The van der Waals surface area contributed by atoms with Crippen LogP contribution in [0.25, 0.3) is 0 Å². The van der Waals surface area contributed by atoms with Gasteiger partial charge in [0.05, 0.1) is 13.2 Å². The normalized spacial score (nSPS) is 18.1. The van der Waals surface area contributed by atoms with Crippen LogP contribution in [0, 0.1) is 11.3 Å². The molecule has 0 fully saturated rings. The van der Waals surface area contributed by atoms with Crippen molar-refractivity contribution >= 4 is 5.91 Å². The van der Waals surface area contributed by atoms with E-state index in [1.54, 1.807) is 0 Å². The molecular weight excluding hydrogens is 436 g/mol. The summed E-state index contributed by atoms with van der Waals surface area (Å²) >= 11 is 0. The van der Waals surface area contributed by atoms with Gasteiger partial charge in [-0.15, -0.1) is 0 Å². The van der Waals surface area contributed by atoms with Crippen LogP contribution >= 0.6 is 0 Å². The number of amides is 1. The number of carbonyl (C=O) groups is 1. The summed E-state index contributed by atoms with van der Waals surface area (Å²) in [5, 5.41) is 0. The van der Waals surface area contributed by atoms with E-state index in [4.69, 9.17) is 14.5 Å². The summed E-state index contributed by atoms with van der Waals surface area (Å²) in [7, 11) is 0. The van der Waals surface area contributed by atoms with Crippen molar-refractivity contribution in [3.63, 3.8) is 0 Å². The number of carbonyl (C=O) groups excluding carboxylic acids is 1. The van der Waals surface area contributed by atoms with Crippen LogP contribution in [0.15, 0.2) is 30.3 Å². The summed E-state index contributed by atoms with van der Waals surface area (Å²) < 4.78 is 12.0. The highest BCUT2D eigenvalue weighted by Gasteiger charge is 2.26. The molecule has 5 heteroatoms. The number of rotatable bonds is 9. The summed E-state index contributed by atoms with van der Waals surface area (Å²) in [4.78, 5) is 19.8. The Morgan fingerprint density at radius 3 is 2.63 bits per heavy atom. The molecule has 4 rings (SSSR count). The molecule has 2 aromatic rings. The summed E-state index contributed by atoms with van der Waals surface area (Å²) in [6, 6.07) is 10.7. The van der Waals surface area contributed by atoms with Crippen molar-refractivity contribution in [1.29, 1.82) is 0 Å². The van der Waals surface area contributed by atoms with Gasteiger partial charge < -0.3 is 14.4 Å². The minimum Gasteiger partial charge on any atom is -0.493 e. The molecule has 0 unspecified atom stereocenters. The van der Waals surface area contributed by atoms with Gasteiger partial charge in [0.2, 0.25) is 5.91 Å². The molecule has 0 radical (unpaired) electrons. The van der Waals surface area contributed by atoms with E-state index in [2.05, 4.69) is 45.0 Å². The Bertz CT molecular complexity index is 1010. The second-order valence-corrected chi connectivity index (χ2v) is 11.4. The second kappa shape index (κ2) is 11.6. The highest BCUT2D eigenvalue weighted by atomic mass is 16.5. The maximum atomic E-state index is 13.0. The molecule has 1 atom stereocenters. The SMILES string of the molecule is C[C@@H]1Cc2ccc(OCCc3ccc4c(n3)CCCC4)cc2CN(CCOCCC(C)(C)C)C1=O. The summed E-state index contributed by atoms with van der Waals surface area (Å²) in [6.45, 7) is 11.8. The summed E-state index contributed by atoms with van der Waals surface area (Å²) in [6.07, 6.45) is 7.38. The zero-order valence-electron chi connectivity index (χ0n) is 22.1. The van der Waals surface area contributed by atoms with Gasteiger partial charge in [0, 0.05) is 43.4 Å². The Morgan fingerprint density at radius 2 is 1.80 bits per heavy atom. The molecule has 190 valence electrons. The standard InChI is InChI=1S/C30H42N2O3/c1-22-19-24-10-12-27(35-16-13-26-11-9-23-7-5-6-8-28(23)31-26)20-25(24)21-32(29(22)33)15-18-34-17-14-30(2,3)4/h9-12,20,22H,5-8,13-19,21H2,1-4H3/t22-/m1/s1. The van der Waals surface area contributed by atoms with Crippen LogP contribution in [0.5, 0.6) is 5.75 Å². The minimum atomic E-state index is -0.0207. The van der Waals surface area contributed by atoms with Gasteiger partial charge in [-0.05, 0) is 78.8 Å². The first-order chi connectivity index (χ1) is 16.8. The monoisotopic (exact) mass is 478 g/mol. The highest BCUT2D eigenvalue weighted by Crippen LogP contribution is 2.27. The fraction of sp³-hybridized carbons (Fsp3) is 0.600. The van der Waals surface area contributed by atoms with Gasteiger partial charge in [-0.25, -0.2) is 0 Å². The lowest BCUT2D eigenvalue weighted by Crippen LogP contribution is -2.36. The third-order valence-corrected chi connectivity index (χ3v) is 7.16. The fourth-order valence-electron chi connectivity index (χ4n) is 4.94. The molecule has 5 nitrogen and oxygen atoms in total. The first-order valence-electron chi connectivity index (χ1n) is 13.4. The number of aryl methyl sites for hydroxylation is 2. The zero-order chi connectivity index (χ0) is 24.8. The van der Waals surface area contributed by atoms with E-state index in [1.165, 1.54) is 35.2 Å². The van der Waals surface area contributed by atoms with E-state index in [9.17, 15) is 4.79 Å². The Morgan fingerprint density at radius 1 is 1.00 bits per heavy atom.